The number of carbonyl (C=O) groups is 2. The zero-order valence-electron chi connectivity index (χ0n) is 18.5. The van der Waals surface area contributed by atoms with Crippen LogP contribution in [0.4, 0.5) is 0 Å². The van der Waals surface area contributed by atoms with Crippen LogP contribution in [0.15, 0.2) is 48.5 Å². The Morgan fingerprint density at radius 3 is 2.70 bits per heavy atom. The molecule has 6 rings (SSSR count). The molecular formula is C26H26ClN3O3. The van der Waals surface area contributed by atoms with Crippen molar-refractivity contribution in [2.24, 2.45) is 0 Å². The number of nitrogens with zero attached hydrogens (tertiary/aromatic N) is 2. The van der Waals surface area contributed by atoms with Crippen molar-refractivity contribution in [2.45, 2.75) is 37.3 Å². The lowest BCUT2D eigenvalue weighted by molar-refractivity contribution is -0.167. The minimum atomic E-state index is -1.08. The van der Waals surface area contributed by atoms with Crippen molar-refractivity contribution in [3.8, 4) is 0 Å². The number of halogens is 1. The predicted octanol–water partition coefficient (Wildman–Crippen LogP) is 4.03. The number of aromatic nitrogens is 1. The van der Waals surface area contributed by atoms with Crippen LogP contribution in [0.1, 0.15) is 42.5 Å². The van der Waals surface area contributed by atoms with Gasteiger partial charge in [0.05, 0.1) is 18.3 Å². The van der Waals surface area contributed by atoms with Crippen molar-refractivity contribution in [3.05, 3.63) is 70.4 Å². The highest BCUT2D eigenvalue weighted by atomic mass is 35.5. The Morgan fingerprint density at radius 1 is 1.15 bits per heavy atom. The normalized spacial score (nSPS) is 27.2. The van der Waals surface area contributed by atoms with Gasteiger partial charge in [-0.3, -0.25) is 9.59 Å². The Balaban J connectivity index is 1.50. The first-order valence-corrected chi connectivity index (χ1v) is 11.9. The fraction of sp³-hybridized carbons (Fsp3) is 0.385. The van der Waals surface area contributed by atoms with Gasteiger partial charge < -0.3 is 19.5 Å². The minimum absolute atomic E-state index is 0.00416. The lowest BCUT2D eigenvalue weighted by atomic mass is 9.76. The molecule has 170 valence electrons. The number of nitrogens with one attached hydrogen (secondary N) is 1. The first kappa shape index (κ1) is 20.8. The second kappa shape index (κ2) is 7.61. The van der Waals surface area contributed by atoms with Gasteiger partial charge in [0.1, 0.15) is 0 Å². The molecule has 7 heteroatoms. The van der Waals surface area contributed by atoms with Gasteiger partial charge in [-0.25, -0.2) is 0 Å². The average Bonchev–Trinajstić information content (AvgIpc) is 3.47. The molecule has 33 heavy (non-hydrogen) atoms. The van der Waals surface area contributed by atoms with Crippen molar-refractivity contribution in [1.29, 1.82) is 0 Å². The molecule has 0 bridgehead atoms. The number of rotatable bonds is 3. The van der Waals surface area contributed by atoms with Crippen molar-refractivity contribution in [2.75, 3.05) is 26.2 Å². The van der Waals surface area contributed by atoms with Crippen molar-refractivity contribution >= 4 is 34.3 Å². The van der Waals surface area contributed by atoms with Crippen molar-refractivity contribution in [1.82, 2.24) is 14.8 Å². The van der Waals surface area contributed by atoms with Gasteiger partial charge >= 0.3 is 0 Å². The first-order chi connectivity index (χ1) is 16.0. The molecule has 0 unspecified atom stereocenters. The number of benzene rings is 2. The van der Waals surface area contributed by atoms with Crippen LogP contribution in [0, 0.1) is 0 Å². The zero-order valence-corrected chi connectivity index (χ0v) is 19.3. The van der Waals surface area contributed by atoms with Crippen LogP contribution >= 0.6 is 11.6 Å². The molecule has 2 amide bonds. The maximum atomic E-state index is 14.0. The maximum absolute atomic E-state index is 14.0. The predicted molar refractivity (Wildman–Crippen MR) is 126 cm³/mol. The number of carbonyl (C=O) groups excluding carboxylic acids is 2. The first-order valence-electron chi connectivity index (χ1n) is 11.5. The minimum Gasteiger partial charge on any atom is -0.376 e. The van der Waals surface area contributed by atoms with Crippen LogP contribution in [-0.2, 0) is 19.9 Å². The summed E-state index contributed by atoms with van der Waals surface area (Å²) in [5, 5.41) is 1.76. The number of H-pyrrole nitrogens is 1. The van der Waals surface area contributed by atoms with Crippen LogP contribution in [0.5, 0.6) is 0 Å². The van der Waals surface area contributed by atoms with E-state index in [1.54, 1.807) is 9.80 Å². The van der Waals surface area contributed by atoms with E-state index in [0.29, 0.717) is 18.1 Å². The summed E-state index contributed by atoms with van der Waals surface area (Å²) in [6.45, 7) is 3.62. The lowest BCUT2D eigenvalue weighted by Crippen LogP contribution is -2.68. The number of ether oxygens (including phenoxy) is 1. The molecule has 0 spiro atoms. The summed E-state index contributed by atoms with van der Waals surface area (Å²) >= 11 is 6.15. The Morgan fingerprint density at radius 2 is 1.94 bits per heavy atom. The van der Waals surface area contributed by atoms with E-state index in [9.17, 15) is 9.59 Å². The monoisotopic (exact) mass is 463 g/mol. The average molecular weight is 464 g/mol. The number of hydrogen-bond acceptors (Lipinski definition) is 3. The highest BCUT2D eigenvalue weighted by Gasteiger charge is 2.56. The number of amides is 2. The molecule has 3 atom stereocenters. The van der Waals surface area contributed by atoms with Gasteiger partial charge in [-0.2, -0.15) is 0 Å². The zero-order chi connectivity index (χ0) is 22.7. The van der Waals surface area contributed by atoms with E-state index in [0.717, 1.165) is 47.2 Å². The van der Waals surface area contributed by atoms with Crippen LogP contribution in [0.25, 0.3) is 10.9 Å². The van der Waals surface area contributed by atoms with E-state index >= 15 is 0 Å². The van der Waals surface area contributed by atoms with Gasteiger partial charge in [-0.1, -0.05) is 41.9 Å². The summed E-state index contributed by atoms with van der Waals surface area (Å²) in [4.78, 5) is 34.5. The molecule has 1 N–H and O–H groups in total. The molecule has 0 radical (unpaired) electrons. The molecule has 1 aromatic heterocycles. The summed E-state index contributed by atoms with van der Waals surface area (Å²) in [5.41, 5.74) is 2.87. The standard InChI is InChI=1S/C26H26ClN3O3/c1-26-24-23(19-6-2-3-7-21(19)28-24)20(16-8-10-17(27)11-9-16)14-30(26)22(31)15-29(25(26)32)13-18-5-4-12-33-18/h2-3,6-11,18,20,28H,4-5,12-15H2,1H3/t18-,20+,26-/m0/s1. The molecule has 4 heterocycles. The third-order valence-corrected chi connectivity index (χ3v) is 7.79. The van der Waals surface area contributed by atoms with Gasteiger partial charge in [-0.15, -0.1) is 0 Å². The Labute approximate surface area is 197 Å². The fourth-order valence-corrected chi connectivity index (χ4v) is 5.98. The third-order valence-electron chi connectivity index (χ3n) is 7.54. The highest BCUT2D eigenvalue weighted by molar-refractivity contribution is 6.30. The summed E-state index contributed by atoms with van der Waals surface area (Å²) in [7, 11) is 0. The van der Waals surface area contributed by atoms with Crippen molar-refractivity contribution < 1.29 is 14.3 Å². The highest BCUT2D eigenvalue weighted by Crippen LogP contribution is 2.48. The molecule has 0 saturated carbocycles. The molecule has 0 aliphatic carbocycles. The molecule has 3 aliphatic rings. The molecule has 2 fully saturated rings. The van der Waals surface area contributed by atoms with E-state index in [-0.39, 0.29) is 30.4 Å². The van der Waals surface area contributed by atoms with E-state index in [2.05, 4.69) is 11.1 Å². The molecule has 3 aliphatic heterocycles. The molecule has 3 aromatic rings. The van der Waals surface area contributed by atoms with E-state index in [1.807, 2.05) is 49.4 Å². The van der Waals surface area contributed by atoms with Crippen LogP contribution < -0.4 is 0 Å². The Kier molecular flexibility index (Phi) is 4.78. The molecular weight excluding hydrogens is 438 g/mol. The van der Waals surface area contributed by atoms with Gasteiger partial charge in [0.2, 0.25) is 5.91 Å². The van der Waals surface area contributed by atoms with E-state index < -0.39 is 5.54 Å². The second-order valence-electron chi connectivity index (χ2n) is 9.46. The SMILES string of the molecule is C[C@]12C(=O)N(C[C@@H]3CCCO3)CC(=O)N1C[C@H](c1ccc(Cl)cc1)c1c2[nH]c2ccccc12. The van der Waals surface area contributed by atoms with Crippen molar-refractivity contribution in [3.63, 3.8) is 0 Å². The second-order valence-corrected chi connectivity index (χ2v) is 9.90. The number of aromatic amines is 1. The maximum Gasteiger partial charge on any atom is 0.255 e. The summed E-state index contributed by atoms with van der Waals surface area (Å²) in [5.74, 6) is -0.124. The molecule has 6 nitrogen and oxygen atoms in total. The van der Waals surface area contributed by atoms with Crippen LogP contribution in [-0.4, -0.2) is 58.9 Å². The van der Waals surface area contributed by atoms with E-state index in [4.69, 9.17) is 16.3 Å². The Bertz CT molecular complexity index is 1250. The topological polar surface area (TPSA) is 65.6 Å². The summed E-state index contributed by atoms with van der Waals surface area (Å²) in [6, 6.07) is 15.9. The molecule has 2 aromatic carbocycles. The quantitative estimate of drug-likeness (QED) is 0.637. The van der Waals surface area contributed by atoms with Gasteiger partial charge in [0.25, 0.3) is 5.91 Å². The summed E-state index contributed by atoms with van der Waals surface area (Å²) < 4.78 is 5.77. The largest absolute Gasteiger partial charge is 0.376 e. The summed E-state index contributed by atoms with van der Waals surface area (Å²) in [6.07, 6.45) is 1.93. The van der Waals surface area contributed by atoms with E-state index in [1.165, 1.54) is 0 Å². The van der Waals surface area contributed by atoms with Crippen LogP contribution in [0.3, 0.4) is 0 Å². The number of hydrogen-bond donors (Lipinski definition) is 1. The number of fused-ring (bicyclic) bond motifs is 5. The Hall–Kier alpha value is -2.83. The van der Waals surface area contributed by atoms with Gasteiger partial charge in [0, 0.05) is 41.5 Å². The lowest BCUT2D eigenvalue weighted by Gasteiger charge is -2.51. The number of para-hydroxylation sites is 1. The van der Waals surface area contributed by atoms with Gasteiger partial charge in [-0.05, 0) is 49.1 Å². The molecule has 2 saturated heterocycles. The van der Waals surface area contributed by atoms with Gasteiger partial charge in [0.15, 0.2) is 5.54 Å². The number of piperazine rings is 1. The smallest absolute Gasteiger partial charge is 0.255 e. The third kappa shape index (κ3) is 3.11. The fourth-order valence-electron chi connectivity index (χ4n) is 5.85. The van der Waals surface area contributed by atoms with Crippen LogP contribution in [0.2, 0.25) is 5.02 Å².